The summed E-state index contributed by atoms with van der Waals surface area (Å²) >= 11 is 0. The molecule has 0 atom stereocenters. The quantitative estimate of drug-likeness (QED) is 0.848. The molecule has 0 unspecified atom stereocenters. The second-order valence-corrected chi connectivity index (χ2v) is 7.88. The zero-order valence-corrected chi connectivity index (χ0v) is 16.3. The number of nitrogens with zero attached hydrogens (tertiary/aromatic N) is 1. The summed E-state index contributed by atoms with van der Waals surface area (Å²) in [5.41, 5.74) is 1.48. The van der Waals surface area contributed by atoms with Crippen LogP contribution in [-0.4, -0.2) is 46.5 Å². The van der Waals surface area contributed by atoms with Gasteiger partial charge in [0.1, 0.15) is 23.0 Å². The Bertz CT molecular complexity index is 972. The largest absolute Gasteiger partial charge is 0.495 e. The zero-order valence-electron chi connectivity index (χ0n) is 15.5. The SMILES string of the molecule is CCc1ccc(OC)c(S(=O)(=O)Nc2ccc3c(c2)C(=O)N(C)CCO3)c1. The van der Waals surface area contributed by atoms with E-state index in [1.165, 1.54) is 18.1 Å². The molecule has 1 aliphatic heterocycles. The van der Waals surface area contributed by atoms with Crippen molar-refractivity contribution >= 4 is 21.6 Å². The molecule has 2 aromatic rings. The molecule has 0 bridgehead atoms. The van der Waals surface area contributed by atoms with Gasteiger partial charge in [0.25, 0.3) is 15.9 Å². The third-order valence-corrected chi connectivity index (χ3v) is 5.82. The average Bonchev–Trinajstić information content (AvgIpc) is 2.80. The molecule has 27 heavy (non-hydrogen) atoms. The van der Waals surface area contributed by atoms with E-state index in [9.17, 15) is 13.2 Å². The molecule has 1 heterocycles. The maximum absolute atomic E-state index is 12.9. The van der Waals surface area contributed by atoms with Crippen LogP contribution in [-0.2, 0) is 16.4 Å². The van der Waals surface area contributed by atoms with Gasteiger partial charge in [-0.1, -0.05) is 13.0 Å². The van der Waals surface area contributed by atoms with Gasteiger partial charge in [-0.15, -0.1) is 0 Å². The van der Waals surface area contributed by atoms with E-state index in [1.54, 1.807) is 31.3 Å². The molecule has 0 radical (unpaired) electrons. The molecule has 0 spiro atoms. The smallest absolute Gasteiger partial charge is 0.265 e. The van der Waals surface area contributed by atoms with Gasteiger partial charge in [-0.2, -0.15) is 0 Å². The normalized spacial score (nSPS) is 14.2. The number of anilines is 1. The first-order valence-corrected chi connectivity index (χ1v) is 10.1. The summed E-state index contributed by atoms with van der Waals surface area (Å²) in [5, 5.41) is 0. The molecular weight excluding hydrogens is 368 g/mol. The van der Waals surface area contributed by atoms with Gasteiger partial charge in [-0.3, -0.25) is 9.52 Å². The van der Waals surface area contributed by atoms with Crippen LogP contribution in [0.15, 0.2) is 41.3 Å². The van der Waals surface area contributed by atoms with Gasteiger partial charge in [-0.05, 0) is 42.3 Å². The Hall–Kier alpha value is -2.74. The third-order valence-electron chi connectivity index (χ3n) is 4.42. The van der Waals surface area contributed by atoms with Crippen LogP contribution in [0.3, 0.4) is 0 Å². The molecule has 0 saturated carbocycles. The summed E-state index contributed by atoms with van der Waals surface area (Å²) < 4.78 is 39.1. The number of likely N-dealkylation sites (N-methyl/N-ethyl adjacent to an activating group) is 1. The number of carbonyl (C=O) groups excluding carboxylic acids is 1. The number of aryl methyl sites for hydroxylation is 1. The summed E-state index contributed by atoms with van der Waals surface area (Å²) in [6.07, 6.45) is 0.698. The van der Waals surface area contributed by atoms with Crippen molar-refractivity contribution in [3.8, 4) is 11.5 Å². The molecule has 0 aromatic heterocycles. The van der Waals surface area contributed by atoms with Gasteiger partial charge in [0, 0.05) is 12.7 Å². The van der Waals surface area contributed by atoms with Crippen molar-refractivity contribution in [1.29, 1.82) is 0 Å². The highest BCUT2D eigenvalue weighted by molar-refractivity contribution is 7.92. The Morgan fingerprint density at radius 1 is 1.22 bits per heavy atom. The number of sulfonamides is 1. The number of fused-ring (bicyclic) bond motifs is 1. The van der Waals surface area contributed by atoms with E-state index in [4.69, 9.17) is 9.47 Å². The number of amides is 1. The predicted molar refractivity (Wildman–Crippen MR) is 102 cm³/mol. The molecule has 2 aromatic carbocycles. The Balaban J connectivity index is 1.98. The van der Waals surface area contributed by atoms with E-state index >= 15 is 0 Å². The molecule has 8 heteroatoms. The number of hydrogen-bond donors (Lipinski definition) is 1. The van der Waals surface area contributed by atoms with E-state index < -0.39 is 10.0 Å². The lowest BCUT2D eigenvalue weighted by Gasteiger charge is -2.15. The van der Waals surface area contributed by atoms with Crippen LogP contribution in [0.2, 0.25) is 0 Å². The topological polar surface area (TPSA) is 84.9 Å². The van der Waals surface area contributed by atoms with Crippen LogP contribution in [0.5, 0.6) is 11.5 Å². The van der Waals surface area contributed by atoms with Crippen LogP contribution in [0.1, 0.15) is 22.8 Å². The Morgan fingerprint density at radius 3 is 2.70 bits per heavy atom. The highest BCUT2D eigenvalue weighted by atomic mass is 32.2. The summed E-state index contributed by atoms with van der Waals surface area (Å²) in [7, 11) is -0.792. The minimum absolute atomic E-state index is 0.0546. The average molecular weight is 390 g/mol. The Labute approximate surface area is 158 Å². The number of benzene rings is 2. The lowest BCUT2D eigenvalue weighted by atomic mass is 10.1. The maximum Gasteiger partial charge on any atom is 0.265 e. The second-order valence-electron chi connectivity index (χ2n) is 6.23. The highest BCUT2D eigenvalue weighted by Gasteiger charge is 2.24. The Kier molecular flexibility index (Phi) is 5.27. The standard InChI is InChI=1S/C19H22N2O5S/c1-4-13-5-7-17(25-3)18(11-13)27(23,24)20-14-6-8-16-15(12-14)19(22)21(2)9-10-26-16/h5-8,11-12,20H,4,9-10H2,1-3H3. The van der Waals surface area contributed by atoms with Gasteiger partial charge >= 0.3 is 0 Å². The van der Waals surface area contributed by atoms with E-state index in [2.05, 4.69) is 4.72 Å². The Morgan fingerprint density at radius 2 is 2.00 bits per heavy atom. The minimum Gasteiger partial charge on any atom is -0.495 e. The van der Waals surface area contributed by atoms with E-state index in [0.717, 1.165) is 5.56 Å². The van der Waals surface area contributed by atoms with Gasteiger partial charge in [0.05, 0.1) is 19.2 Å². The van der Waals surface area contributed by atoms with Crippen molar-refractivity contribution in [3.05, 3.63) is 47.5 Å². The fourth-order valence-corrected chi connectivity index (χ4v) is 4.12. The predicted octanol–water partition coefficient (Wildman–Crippen LogP) is 2.52. The molecule has 3 rings (SSSR count). The molecule has 1 amide bonds. The molecular formula is C19H22N2O5S. The first kappa shape index (κ1) is 19.0. The van der Waals surface area contributed by atoms with Gasteiger partial charge in [-0.25, -0.2) is 8.42 Å². The molecule has 0 aliphatic carbocycles. The molecule has 0 fully saturated rings. The fraction of sp³-hybridized carbons (Fsp3) is 0.316. The van der Waals surface area contributed by atoms with Gasteiger partial charge in [0.2, 0.25) is 0 Å². The van der Waals surface area contributed by atoms with Crippen molar-refractivity contribution in [3.63, 3.8) is 0 Å². The lowest BCUT2D eigenvalue weighted by molar-refractivity contribution is 0.0796. The number of carbonyl (C=O) groups is 1. The minimum atomic E-state index is -3.90. The van der Waals surface area contributed by atoms with Crippen molar-refractivity contribution < 1.29 is 22.7 Å². The number of methoxy groups -OCH3 is 1. The summed E-state index contributed by atoms with van der Waals surface area (Å²) in [6, 6.07) is 9.72. The van der Waals surface area contributed by atoms with Crippen molar-refractivity contribution in [2.24, 2.45) is 0 Å². The molecule has 7 nitrogen and oxygen atoms in total. The van der Waals surface area contributed by atoms with E-state index in [0.29, 0.717) is 30.9 Å². The number of rotatable bonds is 5. The highest BCUT2D eigenvalue weighted by Crippen LogP contribution is 2.30. The lowest BCUT2D eigenvalue weighted by Crippen LogP contribution is -2.27. The van der Waals surface area contributed by atoms with Gasteiger partial charge < -0.3 is 14.4 Å². The van der Waals surface area contributed by atoms with Crippen molar-refractivity contribution in [2.45, 2.75) is 18.2 Å². The van der Waals surface area contributed by atoms with Crippen LogP contribution in [0.4, 0.5) is 5.69 Å². The van der Waals surface area contributed by atoms with Crippen LogP contribution >= 0.6 is 0 Å². The molecule has 0 saturated heterocycles. The monoisotopic (exact) mass is 390 g/mol. The molecule has 144 valence electrons. The number of hydrogen-bond acceptors (Lipinski definition) is 5. The van der Waals surface area contributed by atoms with E-state index in [-0.39, 0.29) is 22.2 Å². The van der Waals surface area contributed by atoms with Gasteiger partial charge in [0.15, 0.2) is 0 Å². The third kappa shape index (κ3) is 3.85. The van der Waals surface area contributed by atoms with E-state index in [1.807, 2.05) is 13.0 Å². The first-order valence-electron chi connectivity index (χ1n) is 8.57. The number of nitrogens with one attached hydrogen (secondary N) is 1. The van der Waals surface area contributed by atoms with Crippen molar-refractivity contribution in [2.75, 3.05) is 32.0 Å². The second kappa shape index (κ2) is 7.48. The summed E-state index contributed by atoms with van der Waals surface area (Å²) in [4.78, 5) is 14.1. The fourth-order valence-electron chi connectivity index (χ4n) is 2.85. The first-order chi connectivity index (χ1) is 12.9. The molecule has 1 N–H and O–H groups in total. The van der Waals surface area contributed by atoms with Crippen LogP contribution in [0, 0.1) is 0 Å². The number of ether oxygens (including phenoxy) is 2. The summed E-state index contributed by atoms with van der Waals surface area (Å²) in [6.45, 7) is 2.80. The van der Waals surface area contributed by atoms with Crippen molar-refractivity contribution in [1.82, 2.24) is 4.90 Å². The maximum atomic E-state index is 12.9. The van der Waals surface area contributed by atoms with Crippen LogP contribution < -0.4 is 14.2 Å². The zero-order chi connectivity index (χ0) is 19.6. The summed E-state index contributed by atoms with van der Waals surface area (Å²) in [5.74, 6) is 0.487. The molecule has 1 aliphatic rings. The van der Waals surface area contributed by atoms with Crippen LogP contribution in [0.25, 0.3) is 0 Å².